The van der Waals surface area contributed by atoms with E-state index in [1.54, 1.807) is 23.0 Å². The van der Waals surface area contributed by atoms with Crippen LogP contribution < -0.4 is 0 Å². The molecule has 1 aliphatic heterocycles. The van der Waals surface area contributed by atoms with E-state index in [1.807, 2.05) is 6.08 Å². The molecule has 2 aromatic rings. The number of rotatable bonds is 2. The number of carboxylic acid groups (broad SMARTS) is 1. The quantitative estimate of drug-likeness (QED) is 0.852. The third-order valence-electron chi connectivity index (χ3n) is 5.03. The van der Waals surface area contributed by atoms with Crippen molar-refractivity contribution >= 4 is 18.5 Å². The summed E-state index contributed by atoms with van der Waals surface area (Å²) in [5.41, 5.74) is 2.59. The Morgan fingerprint density at radius 2 is 2.08 bits per heavy atom. The van der Waals surface area contributed by atoms with Gasteiger partial charge in [-0.1, -0.05) is 5.57 Å². The standard InChI is InChI=1S/C18H16FN3O3/c19-14-1-3-15(4-2-14)22-16-7-13-5-6-21(17(24)25)10-18(13,11-23)8-12(16)9-20-22/h1-4,7,9,11H,5-6,8,10H2,(H,24,25). The Hall–Kier alpha value is -2.96. The molecule has 1 fully saturated rings. The smallest absolute Gasteiger partial charge is 0.407 e. The second-order valence-electron chi connectivity index (χ2n) is 6.52. The maximum Gasteiger partial charge on any atom is 0.407 e. The van der Waals surface area contributed by atoms with Crippen LogP contribution >= 0.6 is 0 Å². The van der Waals surface area contributed by atoms with E-state index in [4.69, 9.17) is 0 Å². The summed E-state index contributed by atoms with van der Waals surface area (Å²) in [6.45, 7) is 0.537. The first-order chi connectivity index (χ1) is 12.0. The van der Waals surface area contributed by atoms with Gasteiger partial charge < -0.3 is 14.8 Å². The van der Waals surface area contributed by atoms with Gasteiger partial charge in [-0.25, -0.2) is 13.9 Å². The van der Waals surface area contributed by atoms with E-state index >= 15 is 0 Å². The molecule has 0 saturated carbocycles. The molecule has 1 amide bonds. The highest BCUT2D eigenvalue weighted by Gasteiger charge is 2.44. The van der Waals surface area contributed by atoms with E-state index in [0.717, 1.165) is 28.8 Å². The maximum absolute atomic E-state index is 13.2. The van der Waals surface area contributed by atoms with Crippen molar-refractivity contribution in [2.24, 2.45) is 5.41 Å². The Kier molecular flexibility index (Phi) is 3.45. The van der Waals surface area contributed by atoms with Gasteiger partial charge in [0.05, 0.1) is 23.0 Å². The van der Waals surface area contributed by atoms with E-state index < -0.39 is 11.5 Å². The molecular weight excluding hydrogens is 325 g/mol. The van der Waals surface area contributed by atoms with Crippen LogP contribution in [0.5, 0.6) is 0 Å². The number of carbonyl (C=O) groups is 2. The first-order valence-corrected chi connectivity index (χ1v) is 8.00. The average molecular weight is 341 g/mol. The number of halogens is 1. The minimum Gasteiger partial charge on any atom is -0.465 e. The molecule has 6 nitrogen and oxygen atoms in total. The van der Waals surface area contributed by atoms with Crippen molar-refractivity contribution in [2.45, 2.75) is 12.8 Å². The van der Waals surface area contributed by atoms with Gasteiger partial charge in [-0.3, -0.25) is 0 Å². The molecule has 1 aliphatic carbocycles. The fraction of sp³-hybridized carbons (Fsp3) is 0.278. The van der Waals surface area contributed by atoms with Gasteiger partial charge in [0.1, 0.15) is 12.1 Å². The van der Waals surface area contributed by atoms with E-state index in [9.17, 15) is 19.1 Å². The zero-order chi connectivity index (χ0) is 17.6. The van der Waals surface area contributed by atoms with Crippen LogP contribution in [-0.4, -0.2) is 45.3 Å². The third kappa shape index (κ3) is 2.43. The molecule has 2 heterocycles. The molecule has 1 atom stereocenters. The maximum atomic E-state index is 13.2. The van der Waals surface area contributed by atoms with Crippen molar-refractivity contribution in [2.75, 3.05) is 13.1 Å². The Morgan fingerprint density at radius 1 is 1.32 bits per heavy atom. The fourth-order valence-electron chi connectivity index (χ4n) is 3.70. The summed E-state index contributed by atoms with van der Waals surface area (Å²) in [5, 5.41) is 13.6. The van der Waals surface area contributed by atoms with Crippen LogP contribution in [0.4, 0.5) is 9.18 Å². The van der Waals surface area contributed by atoms with E-state index in [1.165, 1.54) is 17.0 Å². The highest BCUT2D eigenvalue weighted by molar-refractivity contribution is 5.77. The molecule has 1 unspecified atom stereocenters. The van der Waals surface area contributed by atoms with Gasteiger partial charge in [0.2, 0.25) is 0 Å². The number of nitrogens with zero attached hydrogens (tertiary/aromatic N) is 3. The van der Waals surface area contributed by atoms with E-state index in [0.29, 0.717) is 19.4 Å². The van der Waals surface area contributed by atoms with Crippen molar-refractivity contribution in [3.63, 3.8) is 0 Å². The number of hydrogen-bond acceptors (Lipinski definition) is 3. The number of fused-ring (bicyclic) bond motifs is 2. The highest BCUT2D eigenvalue weighted by Crippen LogP contribution is 2.42. The SMILES string of the molecule is O=CC12Cc3cnn(-c4ccc(F)cc4)c3C=C1CCN(C(=O)O)C2. The van der Waals surface area contributed by atoms with Gasteiger partial charge in [-0.05, 0) is 48.7 Å². The van der Waals surface area contributed by atoms with Crippen molar-refractivity contribution in [1.29, 1.82) is 0 Å². The molecule has 0 spiro atoms. The molecule has 1 aromatic carbocycles. The van der Waals surface area contributed by atoms with Crippen molar-refractivity contribution in [1.82, 2.24) is 14.7 Å². The van der Waals surface area contributed by atoms with Crippen molar-refractivity contribution in [3.05, 3.63) is 53.1 Å². The minimum atomic E-state index is -1.01. The molecule has 7 heteroatoms. The van der Waals surface area contributed by atoms with Gasteiger partial charge in [0, 0.05) is 13.1 Å². The summed E-state index contributed by atoms with van der Waals surface area (Å²) in [7, 11) is 0. The Balaban J connectivity index is 1.76. The number of piperidine rings is 1. The predicted octanol–water partition coefficient (Wildman–Crippen LogP) is 2.52. The molecule has 0 radical (unpaired) electrons. The highest BCUT2D eigenvalue weighted by atomic mass is 19.1. The number of hydrogen-bond donors (Lipinski definition) is 1. The summed E-state index contributed by atoms with van der Waals surface area (Å²) in [4.78, 5) is 24.5. The zero-order valence-electron chi connectivity index (χ0n) is 13.4. The molecule has 1 aromatic heterocycles. The van der Waals surface area contributed by atoms with Gasteiger partial charge in [0.25, 0.3) is 0 Å². The van der Waals surface area contributed by atoms with E-state index in [2.05, 4.69) is 5.10 Å². The lowest BCUT2D eigenvalue weighted by atomic mass is 9.69. The number of aromatic nitrogens is 2. The van der Waals surface area contributed by atoms with Crippen LogP contribution in [0.15, 0.2) is 36.0 Å². The zero-order valence-corrected chi connectivity index (χ0v) is 13.4. The first-order valence-electron chi connectivity index (χ1n) is 8.00. The van der Waals surface area contributed by atoms with Gasteiger partial charge >= 0.3 is 6.09 Å². The molecule has 1 N–H and O–H groups in total. The normalized spacial score (nSPS) is 22.0. The molecule has 25 heavy (non-hydrogen) atoms. The van der Waals surface area contributed by atoms with Crippen molar-refractivity contribution < 1.29 is 19.1 Å². The van der Waals surface area contributed by atoms with Crippen LogP contribution in [0.3, 0.4) is 0 Å². The third-order valence-corrected chi connectivity index (χ3v) is 5.03. The van der Waals surface area contributed by atoms with Crippen LogP contribution in [0.25, 0.3) is 11.8 Å². The topological polar surface area (TPSA) is 75.4 Å². The number of aldehydes is 1. The molecule has 1 saturated heterocycles. The van der Waals surface area contributed by atoms with Gasteiger partial charge in [0.15, 0.2) is 0 Å². The monoisotopic (exact) mass is 341 g/mol. The Labute approximate surface area is 143 Å². The summed E-state index contributed by atoms with van der Waals surface area (Å²) >= 11 is 0. The van der Waals surface area contributed by atoms with E-state index in [-0.39, 0.29) is 12.4 Å². The molecular formula is C18H16FN3O3. The number of benzene rings is 1. The Morgan fingerprint density at radius 3 is 2.76 bits per heavy atom. The lowest BCUT2D eigenvalue weighted by molar-refractivity contribution is -0.115. The average Bonchev–Trinajstić information content (AvgIpc) is 3.02. The second kappa shape index (κ2) is 5.54. The van der Waals surface area contributed by atoms with Gasteiger partial charge in [-0.2, -0.15) is 5.10 Å². The number of amides is 1. The summed E-state index contributed by atoms with van der Waals surface area (Å²) in [6.07, 6.45) is 4.42. The molecule has 2 aliphatic rings. The minimum absolute atomic E-state index is 0.166. The second-order valence-corrected chi connectivity index (χ2v) is 6.52. The van der Waals surface area contributed by atoms with Crippen LogP contribution in [-0.2, 0) is 11.2 Å². The fourth-order valence-corrected chi connectivity index (χ4v) is 3.70. The molecule has 128 valence electrons. The number of likely N-dealkylation sites (tertiary alicyclic amines) is 1. The first kappa shape index (κ1) is 15.6. The van der Waals surface area contributed by atoms with Crippen LogP contribution in [0, 0.1) is 11.2 Å². The molecule has 4 rings (SSSR count). The summed E-state index contributed by atoms with van der Waals surface area (Å²) < 4.78 is 14.9. The lowest BCUT2D eigenvalue weighted by Crippen LogP contribution is -2.49. The molecule has 0 bridgehead atoms. The largest absolute Gasteiger partial charge is 0.465 e. The lowest BCUT2D eigenvalue weighted by Gasteiger charge is -2.42. The summed E-state index contributed by atoms with van der Waals surface area (Å²) in [5.74, 6) is -0.316. The van der Waals surface area contributed by atoms with Crippen molar-refractivity contribution in [3.8, 4) is 5.69 Å². The predicted molar refractivity (Wildman–Crippen MR) is 87.9 cm³/mol. The Bertz CT molecular complexity index is 887. The number of carbonyl (C=O) groups excluding carboxylic acids is 1. The van der Waals surface area contributed by atoms with Gasteiger partial charge in [-0.15, -0.1) is 0 Å². The summed E-state index contributed by atoms with van der Waals surface area (Å²) in [6, 6.07) is 6.05. The van der Waals surface area contributed by atoms with Crippen LogP contribution in [0.2, 0.25) is 0 Å². The van der Waals surface area contributed by atoms with Crippen LogP contribution in [0.1, 0.15) is 17.7 Å².